The second kappa shape index (κ2) is 5.74. The van der Waals surface area contributed by atoms with Gasteiger partial charge in [0.15, 0.2) is 0 Å². The minimum Gasteiger partial charge on any atom is -0.368 e. The molecule has 1 amide bonds. The van der Waals surface area contributed by atoms with Crippen molar-refractivity contribution in [3.05, 3.63) is 18.5 Å². The number of likely N-dealkylation sites (tertiary alicyclic amines) is 1. The van der Waals surface area contributed by atoms with Gasteiger partial charge in [-0.15, -0.1) is 0 Å². The van der Waals surface area contributed by atoms with Crippen LogP contribution in [-0.4, -0.2) is 45.9 Å². The first kappa shape index (κ1) is 12.7. The lowest BCUT2D eigenvalue weighted by Crippen LogP contribution is -2.49. The zero-order valence-electron chi connectivity index (χ0n) is 11.2. The first-order valence-corrected chi connectivity index (χ1v) is 7.24. The molecule has 5 heteroatoms. The van der Waals surface area contributed by atoms with E-state index in [9.17, 15) is 4.79 Å². The summed E-state index contributed by atoms with van der Waals surface area (Å²) in [5.41, 5.74) is 0. The first-order valence-electron chi connectivity index (χ1n) is 7.24. The van der Waals surface area contributed by atoms with Crippen LogP contribution in [0.3, 0.4) is 0 Å². The molecule has 1 aromatic rings. The van der Waals surface area contributed by atoms with Gasteiger partial charge in [0.05, 0.1) is 12.6 Å². The molecule has 2 aliphatic rings. The highest BCUT2D eigenvalue weighted by Crippen LogP contribution is 2.23. The van der Waals surface area contributed by atoms with Crippen LogP contribution in [0.4, 0.5) is 0 Å². The van der Waals surface area contributed by atoms with Crippen LogP contribution >= 0.6 is 0 Å². The van der Waals surface area contributed by atoms with Gasteiger partial charge in [0.2, 0.25) is 0 Å². The average molecular weight is 263 g/mol. The number of nitrogens with zero attached hydrogens (tertiary/aromatic N) is 3. The molecule has 3 heterocycles. The van der Waals surface area contributed by atoms with Gasteiger partial charge in [-0.25, -0.2) is 0 Å². The Bertz CT molecular complexity index is 412. The van der Waals surface area contributed by atoms with Crippen LogP contribution in [0.15, 0.2) is 18.5 Å². The van der Waals surface area contributed by atoms with Crippen molar-refractivity contribution in [2.24, 2.45) is 0 Å². The van der Waals surface area contributed by atoms with Gasteiger partial charge in [-0.1, -0.05) is 0 Å². The van der Waals surface area contributed by atoms with Crippen LogP contribution in [0, 0.1) is 0 Å². The summed E-state index contributed by atoms with van der Waals surface area (Å²) in [6.45, 7) is 2.39. The van der Waals surface area contributed by atoms with Gasteiger partial charge < -0.3 is 9.64 Å². The summed E-state index contributed by atoms with van der Waals surface area (Å²) in [5.74, 6) is 0.189. The normalized spacial score (nSPS) is 27.7. The van der Waals surface area contributed by atoms with Crippen molar-refractivity contribution in [1.82, 2.24) is 14.7 Å². The van der Waals surface area contributed by atoms with E-state index in [1.165, 1.54) is 6.42 Å². The summed E-state index contributed by atoms with van der Waals surface area (Å²) < 4.78 is 7.46. The molecule has 0 aromatic carbocycles. The van der Waals surface area contributed by atoms with E-state index in [2.05, 4.69) is 5.10 Å². The molecule has 2 fully saturated rings. The Morgan fingerprint density at radius 3 is 3.00 bits per heavy atom. The van der Waals surface area contributed by atoms with Crippen LogP contribution in [0.5, 0.6) is 0 Å². The number of hydrogen-bond donors (Lipinski definition) is 0. The maximum absolute atomic E-state index is 12.5. The van der Waals surface area contributed by atoms with Crippen LogP contribution in [0.2, 0.25) is 0 Å². The van der Waals surface area contributed by atoms with Crippen LogP contribution in [-0.2, 0) is 16.1 Å². The fourth-order valence-corrected chi connectivity index (χ4v) is 3.06. The molecule has 0 spiro atoms. The van der Waals surface area contributed by atoms with E-state index in [4.69, 9.17) is 4.74 Å². The second-order valence-electron chi connectivity index (χ2n) is 5.41. The van der Waals surface area contributed by atoms with Gasteiger partial charge in [-0.2, -0.15) is 5.10 Å². The quantitative estimate of drug-likeness (QED) is 0.829. The summed E-state index contributed by atoms with van der Waals surface area (Å²) in [6, 6.07) is 2.19. The highest BCUT2D eigenvalue weighted by molar-refractivity contribution is 5.81. The van der Waals surface area contributed by atoms with Crippen molar-refractivity contribution < 1.29 is 9.53 Å². The zero-order chi connectivity index (χ0) is 13.1. The topological polar surface area (TPSA) is 47.4 Å². The predicted octanol–water partition coefficient (Wildman–Crippen LogP) is 1.44. The number of carbonyl (C=O) groups excluding carboxylic acids is 1. The standard InChI is InChI=1S/C14H21N3O2/c18-14(13-6-3-10-19-13)17-9-2-1-5-12(17)11-16-8-4-7-15-16/h4,7-8,12-13H,1-3,5-6,9-11H2/t12-,13+/m1/s1. The minimum atomic E-state index is -0.196. The summed E-state index contributed by atoms with van der Waals surface area (Å²) in [7, 11) is 0. The molecule has 19 heavy (non-hydrogen) atoms. The summed E-state index contributed by atoms with van der Waals surface area (Å²) >= 11 is 0. The Kier molecular flexibility index (Phi) is 3.82. The molecule has 0 radical (unpaired) electrons. The van der Waals surface area contributed by atoms with E-state index in [0.29, 0.717) is 0 Å². The summed E-state index contributed by atoms with van der Waals surface area (Å²) in [5, 5.41) is 4.25. The number of rotatable bonds is 3. The van der Waals surface area contributed by atoms with Crippen molar-refractivity contribution in [3.8, 4) is 0 Å². The largest absolute Gasteiger partial charge is 0.368 e. The lowest BCUT2D eigenvalue weighted by Gasteiger charge is -2.37. The molecule has 0 aliphatic carbocycles. The molecule has 0 bridgehead atoms. The number of ether oxygens (including phenoxy) is 1. The summed E-state index contributed by atoms with van der Waals surface area (Å²) in [4.78, 5) is 14.5. The van der Waals surface area contributed by atoms with Crippen LogP contribution in [0.1, 0.15) is 32.1 Å². The molecule has 5 nitrogen and oxygen atoms in total. The van der Waals surface area contributed by atoms with Gasteiger partial charge in [0, 0.05) is 25.5 Å². The molecule has 0 saturated carbocycles. The molecule has 3 rings (SSSR count). The number of amides is 1. The van der Waals surface area contributed by atoms with E-state index in [-0.39, 0.29) is 18.1 Å². The fourth-order valence-electron chi connectivity index (χ4n) is 3.06. The third kappa shape index (κ3) is 2.81. The first-order chi connectivity index (χ1) is 9.34. The van der Waals surface area contributed by atoms with Gasteiger partial charge in [-0.05, 0) is 38.2 Å². The van der Waals surface area contributed by atoms with Gasteiger partial charge in [0.25, 0.3) is 5.91 Å². The fraction of sp³-hybridized carbons (Fsp3) is 0.714. The van der Waals surface area contributed by atoms with E-state index < -0.39 is 0 Å². The van der Waals surface area contributed by atoms with Crippen molar-refractivity contribution in [2.75, 3.05) is 13.2 Å². The van der Waals surface area contributed by atoms with Crippen LogP contribution in [0.25, 0.3) is 0 Å². The van der Waals surface area contributed by atoms with Gasteiger partial charge >= 0.3 is 0 Å². The van der Waals surface area contributed by atoms with Gasteiger partial charge in [-0.3, -0.25) is 9.48 Å². The Labute approximate surface area is 113 Å². The predicted molar refractivity (Wildman–Crippen MR) is 70.6 cm³/mol. The Hall–Kier alpha value is -1.36. The van der Waals surface area contributed by atoms with Gasteiger partial charge in [0.1, 0.15) is 6.10 Å². The molecule has 104 valence electrons. The smallest absolute Gasteiger partial charge is 0.252 e. The molecule has 0 unspecified atom stereocenters. The Morgan fingerprint density at radius 2 is 2.26 bits per heavy atom. The molecule has 0 N–H and O–H groups in total. The Balaban J connectivity index is 1.67. The molecular weight excluding hydrogens is 242 g/mol. The van der Waals surface area contributed by atoms with Crippen molar-refractivity contribution >= 4 is 5.91 Å². The summed E-state index contributed by atoms with van der Waals surface area (Å²) in [6.07, 6.45) is 8.81. The average Bonchev–Trinajstić information content (AvgIpc) is 3.11. The zero-order valence-corrected chi connectivity index (χ0v) is 11.2. The highest BCUT2D eigenvalue weighted by Gasteiger charge is 2.33. The van der Waals surface area contributed by atoms with Crippen molar-refractivity contribution in [2.45, 2.75) is 50.8 Å². The highest BCUT2D eigenvalue weighted by atomic mass is 16.5. The second-order valence-corrected chi connectivity index (χ2v) is 5.41. The van der Waals surface area contributed by atoms with E-state index in [1.54, 1.807) is 6.20 Å². The minimum absolute atomic E-state index is 0.189. The molecule has 2 aliphatic heterocycles. The van der Waals surface area contributed by atoms with Crippen LogP contribution < -0.4 is 0 Å². The molecule has 2 atom stereocenters. The Morgan fingerprint density at radius 1 is 1.32 bits per heavy atom. The number of carbonyl (C=O) groups is 1. The molecular formula is C14H21N3O2. The molecule has 1 aromatic heterocycles. The third-order valence-corrected chi connectivity index (χ3v) is 4.07. The third-order valence-electron chi connectivity index (χ3n) is 4.07. The monoisotopic (exact) mass is 263 g/mol. The SMILES string of the molecule is O=C([C@@H]1CCCO1)N1CCCC[C@@H]1Cn1cccn1. The number of piperidine rings is 1. The molecule has 2 saturated heterocycles. The number of aromatic nitrogens is 2. The van der Waals surface area contributed by atoms with E-state index in [0.717, 1.165) is 45.4 Å². The maximum Gasteiger partial charge on any atom is 0.252 e. The van der Waals surface area contributed by atoms with Crippen molar-refractivity contribution in [3.63, 3.8) is 0 Å². The van der Waals surface area contributed by atoms with Crippen molar-refractivity contribution in [1.29, 1.82) is 0 Å². The number of hydrogen-bond acceptors (Lipinski definition) is 3. The van der Waals surface area contributed by atoms with E-state index in [1.807, 2.05) is 21.8 Å². The lowest BCUT2D eigenvalue weighted by molar-refractivity contribution is -0.145. The lowest BCUT2D eigenvalue weighted by atomic mass is 10.0. The van der Waals surface area contributed by atoms with E-state index >= 15 is 0 Å². The maximum atomic E-state index is 12.5.